The van der Waals surface area contributed by atoms with Gasteiger partial charge in [-0.05, 0) is 38.7 Å². The molecule has 0 bridgehead atoms. The van der Waals surface area contributed by atoms with E-state index in [1.165, 1.54) is 6.20 Å². The van der Waals surface area contributed by atoms with Crippen LogP contribution in [0, 0.1) is 31.1 Å². The standard InChI is InChI=1S/C18H25N5O/c1-11(2)13(4)22(6)17(24)8-7-16-12(3)21-18-15(9-19)10-20-23(18)14(16)5/h10-11,13H,7-8H2,1-6H3/t13-/m1/s1. The zero-order chi connectivity index (χ0) is 18.0. The molecule has 0 aliphatic rings. The van der Waals surface area contributed by atoms with Crippen LogP contribution in [-0.4, -0.2) is 38.5 Å². The van der Waals surface area contributed by atoms with Crippen molar-refractivity contribution in [1.29, 1.82) is 5.26 Å². The molecule has 2 heterocycles. The summed E-state index contributed by atoms with van der Waals surface area (Å²) >= 11 is 0. The quantitative estimate of drug-likeness (QED) is 0.846. The first-order chi connectivity index (χ1) is 11.3. The highest BCUT2D eigenvalue weighted by Crippen LogP contribution is 2.19. The predicted octanol–water partition coefficient (Wildman–Crippen LogP) is 2.65. The molecule has 0 aromatic carbocycles. The van der Waals surface area contributed by atoms with Crippen LogP contribution in [0.3, 0.4) is 0 Å². The van der Waals surface area contributed by atoms with Gasteiger partial charge in [0.25, 0.3) is 0 Å². The summed E-state index contributed by atoms with van der Waals surface area (Å²) in [7, 11) is 1.86. The molecule has 0 saturated carbocycles. The molecule has 2 aromatic rings. The Bertz CT molecular complexity index is 800. The summed E-state index contributed by atoms with van der Waals surface area (Å²) in [4.78, 5) is 18.8. The predicted molar refractivity (Wildman–Crippen MR) is 92.6 cm³/mol. The van der Waals surface area contributed by atoms with E-state index in [0.29, 0.717) is 30.0 Å². The van der Waals surface area contributed by atoms with Gasteiger partial charge in [-0.25, -0.2) is 9.50 Å². The van der Waals surface area contributed by atoms with Crippen LogP contribution in [0.4, 0.5) is 0 Å². The van der Waals surface area contributed by atoms with Crippen molar-refractivity contribution >= 4 is 11.6 Å². The molecule has 0 aliphatic heterocycles. The molecule has 1 amide bonds. The number of hydrogen-bond donors (Lipinski definition) is 0. The van der Waals surface area contributed by atoms with E-state index in [4.69, 9.17) is 5.26 Å². The van der Waals surface area contributed by atoms with E-state index < -0.39 is 0 Å². The van der Waals surface area contributed by atoms with Crippen molar-refractivity contribution in [1.82, 2.24) is 19.5 Å². The topological polar surface area (TPSA) is 74.3 Å². The zero-order valence-corrected chi connectivity index (χ0v) is 15.3. The fourth-order valence-electron chi connectivity index (χ4n) is 2.83. The van der Waals surface area contributed by atoms with E-state index in [0.717, 1.165) is 17.0 Å². The molecule has 0 unspecified atom stereocenters. The Balaban J connectivity index is 2.22. The number of amides is 1. The van der Waals surface area contributed by atoms with Gasteiger partial charge >= 0.3 is 0 Å². The van der Waals surface area contributed by atoms with Gasteiger partial charge in [-0.15, -0.1) is 0 Å². The smallest absolute Gasteiger partial charge is 0.222 e. The SMILES string of the molecule is Cc1nc2c(C#N)cnn2c(C)c1CCC(=O)N(C)[C@H](C)C(C)C. The lowest BCUT2D eigenvalue weighted by atomic mass is 10.0. The van der Waals surface area contributed by atoms with Crippen LogP contribution in [0.5, 0.6) is 0 Å². The third-order valence-electron chi connectivity index (χ3n) is 4.89. The van der Waals surface area contributed by atoms with E-state index in [-0.39, 0.29) is 11.9 Å². The van der Waals surface area contributed by atoms with Crippen molar-refractivity contribution in [2.45, 2.75) is 53.5 Å². The van der Waals surface area contributed by atoms with Gasteiger partial charge in [0, 0.05) is 30.9 Å². The lowest BCUT2D eigenvalue weighted by molar-refractivity contribution is -0.132. The van der Waals surface area contributed by atoms with Gasteiger partial charge in [-0.2, -0.15) is 10.4 Å². The Morgan fingerprint density at radius 2 is 2.04 bits per heavy atom. The average molecular weight is 327 g/mol. The summed E-state index contributed by atoms with van der Waals surface area (Å²) < 4.78 is 1.69. The monoisotopic (exact) mass is 327 g/mol. The molecule has 0 spiro atoms. The Kier molecular flexibility index (Phi) is 5.23. The van der Waals surface area contributed by atoms with E-state index in [2.05, 4.69) is 36.9 Å². The van der Waals surface area contributed by atoms with Gasteiger partial charge in [0.2, 0.25) is 5.91 Å². The summed E-state index contributed by atoms with van der Waals surface area (Å²) in [6.45, 7) is 10.2. The first kappa shape index (κ1) is 17.9. The summed E-state index contributed by atoms with van der Waals surface area (Å²) in [5.41, 5.74) is 3.85. The summed E-state index contributed by atoms with van der Waals surface area (Å²) in [5, 5.41) is 13.4. The lowest BCUT2D eigenvalue weighted by Gasteiger charge is -2.28. The van der Waals surface area contributed by atoms with Crippen molar-refractivity contribution in [2.24, 2.45) is 5.92 Å². The minimum absolute atomic E-state index is 0.133. The highest BCUT2D eigenvalue weighted by molar-refractivity contribution is 5.76. The van der Waals surface area contributed by atoms with Crippen molar-refractivity contribution in [2.75, 3.05) is 7.05 Å². The number of nitriles is 1. The van der Waals surface area contributed by atoms with Gasteiger partial charge in [-0.1, -0.05) is 13.8 Å². The maximum absolute atomic E-state index is 12.4. The molecule has 0 fully saturated rings. The zero-order valence-electron chi connectivity index (χ0n) is 15.3. The second-order valence-corrected chi connectivity index (χ2v) is 6.66. The number of aryl methyl sites for hydroxylation is 2. The number of rotatable bonds is 5. The summed E-state index contributed by atoms with van der Waals surface area (Å²) in [6.07, 6.45) is 2.59. The Morgan fingerprint density at radius 1 is 1.38 bits per heavy atom. The Hall–Kier alpha value is -2.42. The fraction of sp³-hybridized carbons (Fsp3) is 0.556. The highest BCUT2D eigenvalue weighted by Gasteiger charge is 2.20. The second kappa shape index (κ2) is 7.00. The van der Waals surface area contributed by atoms with E-state index >= 15 is 0 Å². The van der Waals surface area contributed by atoms with Crippen molar-refractivity contribution < 1.29 is 4.79 Å². The minimum Gasteiger partial charge on any atom is -0.343 e. The molecule has 24 heavy (non-hydrogen) atoms. The van der Waals surface area contributed by atoms with Crippen LogP contribution in [0.15, 0.2) is 6.20 Å². The third kappa shape index (κ3) is 3.25. The number of carbonyl (C=O) groups excluding carboxylic acids is 1. The number of aromatic nitrogens is 3. The van der Waals surface area contributed by atoms with Crippen LogP contribution in [-0.2, 0) is 11.2 Å². The molecule has 0 aliphatic carbocycles. The molecule has 6 nitrogen and oxygen atoms in total. The first-order valence-corrected chi connectivity index (χ1v) is 8.27. The molecule has 0 N–H and O–H groups in total. The van der Waals surface area contributed by atoms with Crippen LogP contribution in [0.2, 0.25) is 0 Å². The molecule has 2 aromatic heterocycles. The fourth-order valence-corrected chi connectivity index (χ4v) is 2.83. The van der Waals surface area contributed by atoms with Crippen molar-refractivity contribution in [3.63, 3.8) is 0 Å². The van der Waals surface area contributed by atoms with Crippen molar-refractivity contribution in [3.05, 3.63) is 28.7 Å². The summed E-state index contributed by atoms with van der Waals surface area (Å²) in [5.74, 6) is 0.558. The van der Waals surface area contributed by atoms with Gasteiger partial charge in [0.1, 0.15) is 11.6 Å². The number of carbonyl (C=O) groups is 1. The normalized spacial score (nSPS) is 12.4. The lowest BCUT2D eigenvalue weighted by Crippen LogP contribution is -2.38. The van der Waals surface area contributed by atoms with E-state index in [1.54, 1.807) is 4.52 Å². The molecule has 0 saturated heterocycles. The maximum Gasteiger partial charge on any atom is 0.222 e. The number of nitrogens with zero attached hydrogens (tertiary/aromatic N) is 5. The molecule has 0 radical (unpaired) electrons. The Labute approximate surface area is 143 Å². The molecular formula is C18H25N5O. The third-order valence-corrected chi connectivity index (χ3v) is 4.89. The largest absolute Gasteiger partial charge is 0.343 e. The minimum atomic E-state index is 0.133. The molecule has 2 rings (SSSR count). The molecule has 1 atom stereocenters. The van der Waals surface area contributed by atoms with Crippen LogP contribution >= 0.6 is 0 Å². The number of fused-ring (bicyclic) bond motifs is 1. The van der Waals surface area contributed by atoms with E-state index in [9.17, 15) is 4.79 Å². The van der Waals surface area contributed by atoms with Gasteiger partial charge in [0.05, 0.1) is 6.20 Å². The van der Waals surface area contributed by atoms with Gasteiger partial charge < -0.3 is 4.90 Å². The van der Waals surface area contributed by atoms with Crippen LogP contribution in [0.1, 0.15) is 49.7 Å². The van der Waals surface area contributed by atoms with Gasteiger partial charge in [-0.3, -0.25) is 4.79 Å². The van der Waals surface area contributed by atoms with E-state index in [1.807, 2.05) is 25.8 Å². The number of hydrogen-bond acceptors (Lipinski definition) is 4. The first-order valence-electron chi connectivity index (χ1n) is 8.27. The average Bonchev–Trinajstić information content (AvgIpc) is 2.95. The maximum atomic E-state index is 12.4. The Morgan fingerprint density at radius 3 is 2.62 bits per heavy atom. The molecule has 128 valence electrons. The van der Waals surface area contributed by atoms with Crippen molar-refractivity contribution in [3.8, 4) is 6.07 Å². The van der Waals surface area contributed by atoms with Gasteiger partial charge in [0.15, 0.2) is 5.65 Å². The van der Waals surface area contributed by atoms with Crippen LogP contribution in [0.25, 0.3) is 5.65 Å². The second-order valence-electron chi connectivity index (χ2n) is 6.66. The van der Waals surface area contributed by atoms with Crippen LogP contribution < -0.4 is 0 Å². The molecular weight excluding hydrogens is 302 g/mol. The summed E-state index contributed by atoms with van der Waals surface area (Å²) in [6, 6.07) is 2.32. The highest BCUT2D eigenvalue weighted by atomic mass is 16.2. The molecule has 6 heteroatoms.